The van der Waals surface area contributed by atoms with Crippen LogP contribution < -0.4 is 5.32 Å². The number of aliphatic hydroxyl groups is 1. The van der Waals surface area contributed by atoms with Gasteiger partial charge < -0.3 is 19.6 Å². The molecule has 1 unspecified atom stereocenters. The minimum absolute atomic E-state index is 0.0178. The molecular weight excluding hydrogens is 246 g/mol. The first-order valence-corrected chi connectivity index (χ1v) is 6.38. The highest BCUT2D eigenvalue weighted by Crippen LogP contribution is 2.25. The third kappa shape index (κ3) is 3.02. The van der Waals surface area contributed by atoms with E-state index in [0.717, 1.165) is 30.5 Å². The average molecular weight is 265 g/mol. The summed E-state index contributed by atoms with van der Waals surface area (Å²) in [5.41, 5.74) is 2.50. The Kier molecular flexibility index (Phi) is 4.70. The molecule has 0 spiro atoms. The van der Waals surface area contributed by atoms with E-state index in [4.69, 9.17) is 14.3 Å². The van der Waals surface area contributed by atoms with Crippen LogP contribution in [-0.4, -0.2) is 41.4 Å². The van der Waals surface area contributed by atoms with Gasteiger partial charge in [0.15, 0.2) is 11.4 Å². The molecule has 0 radical (unpaired) electrons. The van der Waals surface area contributed by atoms with Crippen LogP contribution in [0.4, 0.5) is 5.82 Å². The first-order chi connectivity index (χ1) is 9.30. The summed E-state index contributed by atoms with van der Waals surface area (Å²) in [6, 6.07) is 0. The summed E-state index contributed by atoms with van der Waals surface area (Å²) in [5, 5.41) is 12.2. The second-order valence-corrected chi connectivity index (χ2v) is 4.27. The number of aliphatic hydroxyl groups excluding tert-OH is 1. The molecular formula is C13H19N3O3. The van der Waals surface area contributed by atoms with Crippen LogP contribution in [0.3, 0.4) is 0 Å². The van der Waals surface area contributed by atoms with E-state index >= 15 is 0 Å². The van der Waals surface area contributed by atoms with Crippen molar-refractivity contribution < 1.29 is 14.3 Å². The van der Waals surface area contributed by atoms with Crippen LogP contribution in [0.15, 0.2) is 17.0 Å². The molecule has 104 valence electrons. The second-order valence-electron chi connectivity index (χ2n) is 4.27. The van der Waals surface area contributed by atoms with E-state index < -0.39 is 0 Å². The lowest BCUT2D eigenvalue weighted by molar-refractivity contribution is 0.0435. The number of aryl methyl sites for hydroxylation is 1. The van der Waals surface area contributed by atoms with Gasteiger partial charge in [-0.1, -0.05) is 0 Å². The fourth-order valence-electron chi connectivity index (χ4n) is 1.97. The number of furan rings is 1. The number of anilines is 1. The molecule has 2 N–H and O–H groups in total. The summed E-state index contributed by atoms with van der Waals surface area (Å²) in [6.45, 7) is 2.80. The van der Waals surface area contributed by atoms with Gasteiger partial charge in [0.1, 0.15) is 11.8 Å². The third-order valence-corrected chi connectivity index (χ3v) is 3.04. The van der Waals surface area contributed by atoms with Crippen molar-refractivity contribution in [1.82, 2.24) is 9.97 Å². The highest BCUT2D eigenvalue weighted by Gasteiger charge is 2.14. The lowest BCUT2D eigenvalue weighted by Crippen LogP contribution is -2.16. The molecule has 0 saturated carbocycles. The molecule has 0 aromatic carbocycles. The van der Waals surface area contributed by atoms with Crippen molar-refractivity contribution in [3.05, 3.63) is 18.2 Å². The number of fused-ring (bicyclic) bond motifs is 1. The standard InChI is InChI=1S/C13H19N3O3/c1-3-14-13-12-11(15-8-16-13)9(7-19-12)4-5-10(6-17)18-2/h7-8,10,17H,3-6H2,1-2H3,(H,14,15,16). The van der Waals surface area contributed by atoms with Crippen molar-refractivity contribution in [2.45, 2.75) is 25.9 Å². The van der Waals surface area contributed by atoms with E-state index in [-0.39, 0.29) is 12.7 Å². The monoisotopic (exact) mass is 265 g/mol. The SMILES string of the molecule is CCNc1ncnc2c(CCC(CO)OC)coc12. The molecule has 0 amide bonds. The highest BCUT2D eigenvalue weighted by atomic mass is 16.5. The maximum atomic E-state index is 9.10. The van der Waals surface area contributed by atoms with Crippen molar-refractivity contribution in [2.75, 3.05) is 25.6 Å². The Morgan fingerprint density at radius 3 is 3.00 bits per heavy atom. The summed E-state index contributed by atoms with van der Waals surface area (Å²) in [5.74, 6) is 0.712. The van der Waals surface area contributed by atoms with Crippen LogP contribution in [0.5, 0.6) is 0 Å². The summed E-state index contributed by atoms with van der Waals surface area (Å²) in [6.07, 6.45) is 4.54. The topological polar surface area (TPSA) is 80.4 Å². The Hall–Kier alpha value is -1.66. The lowest BCUT2D eigenvalue weighted by Gasteiger charge is -2.10. The summed E-state index contributed by atoms with van der Waals surface area (Å²) in [7, 11) is 1.60. The summed E-state index contributed by atoms with van der Waals surface area (Å²) in [4.78, 5) is 8.42. The first kappa shape index (κ1) is 13.8. The van der Waals surface area contributed by atoms with Crippen molar-refractivity contribution in [2.24, 2.45) is 0 Å². The van der Waals surface area contributed by atoms with Gasteiger partial charge in [0.25, 0.3) is 0 Å². The molecule has 19 heavy (non-hydrogen) atoms. The van der Waals surface area contributed by atoms with Crippen LogP contribution >= 0.6 is 0 Å². The van der Waals surface area contributed by atoms with E-state index in [1.54, 1.807) is 13.4 Å². The van der Waals surface area contributed by atoms with Gasteiger partial charge >= 0.3 is 0 Å². The molecule has 2 aromatic rings. The van der Waals surface area contributed by atoms with Gasteiger partial charge in [-0.05, 0) is 19.8 Å². The molecule has 0 aliphatic rings. The van der Waals surface area contributed by atoms with Crippen LogP contribution in [0.2, 0.25) is 0 Å². The number of nitrogens with one attached hydrogen (secondary N) is 1. The van der Waals surface area contributed by atoms with Crippen molar-refractivity contribution >= 4 is 16.9 Å². The minimum atomic E-state index is -0.153. The zero-order chi connectivity index (χ0) is 13.7. The predicted octanol–water partition coefficient (Wildman–Crippen LogP) is 1.59. The molecule has 0 fully saturated rings. The number of hydrogen-bond donors (Lipinski definition) is 2. The lowest BCUT2D eigenvalue weighted by atomic mass is 10.1. The predicted molar refractivity (Wildman–Crippen MR) is 72.2 cm³/mol. The van der Waals surface area contributed by atoms with Gasteiger partial charge in [-0.2, -0.15) is 0 Å². The Labute approximate surface area is 111 Å². The fraction of sp³-hybridized carbons (Fsp3) is 0.538. The number of ether oxygens (including phenoxy) is 1. The van der Waals surface area contributed by atoms with Gasteiger partial charge in [-0.25, -0.2) is 9.97 Å². The maximum Gasteiger partial charge on any atom is 0.194 e. The second kappa shape index (κ2) is 6.49. The molecule has 2 heterocycles. The highest BCUT2D eigenvalue weighted by molar-refractivity contribution is 5.85. The van der Waals surface area contributed by atoms with E-state index in [0.29, 0.717) is 11.4 Å². The van der Waals surface area contributed by atoms with Crippen LogP contribution in [0.25, 0.3) is 11.1 Å². The number of rotatable bonds is 7. The zero-order valence-electron chi connectivity index (χ0n) is 11.2. The number of aromatic nitrogens is 2. The van der Waals surface area contributed by atoms with Crippen LogP contribution in [0.1, 0.15) is 18.9 Å². The number of hydrogen-bond acceptors (Lipinski definition) is 6. The van der Waals surface area contributed by atoms with E-state index in [1.807, 2.05) is 6.92 Å². The normalized spacial score (nSPS) is 12.8. The smallest absolute Gasteiger partial charge is 0.194 e. The summed E-state index contributed by atoms with van der Waals surface area (Å²) < 4.78 is 10.7. The van der Waals surface area contributed by atoms with E-state index in [9.17, 15) is 0 Å². The largest absolute Gasteiger partial charge is 0.458 e. The maximum absolute atomic E-state index is 9.10. The molecule has 2 aromatic heterocycles. The Morgan fingerprint density at radius 1 is 1.47 bits per heavy atom. The molecule has 2 rings (SSSR count). The molecule has 0 aliphatic carbocycles. The van der Waals surface area contributed by atoms with Gasteiger partial charge in [0.2, 0.25) is 0 Å². The summed E-state index contributed by atoms with van der Waals surface area (Å²) >= 11 is 0. The molecule has 6 nitrogen and oxygen atoms in total. The molecule has 0 aliphatic heterocycles. The molecule has 1 atom stereocenters. The zero-order valence-corrected chi connectivity index (χ0v) is 11.2. The van der Waals surface area contributed by atoms with Gasteiger partial charge in [-0.15, -0.1) is 0 Å². The van der Waals surface area contributed by atoms with Crippen molar-refractivity contribution in [3.8, 4) is 0 Å². The van der Waals surface area contributed by atoms with Crippen LogP contribution in [0, 0.1) is 0 Å². The van der Waals surface area contributed by atoms with E-state index in [2.05, 4.69) is 15.3 Å². The minimum Gasteiger partial charge on any atom is -0.458 e. The molecule has 0 bridgehead atoms. The van der Waals surface area contributed by atoms with Crippen LogP contribution in [-0.2, 0) is 11.2 Å². The third-order valence-electron chi connectivity index (χ3n) is 3.04. The van der Waals surface area contributed by atoms with Crippen molar-refractivity contribution in [3.63, 3.8) is 0 Å². The Balaban J connectivity index is 2.18. The first-order valence-electron chi connectivity index (χ1n) is 6.38. The number of methoxy groups -OCH3 is 1. The number of nitrogens with zero attached hydrogens (tertiary/aromatic N) is 2. The fourth-order valence-corrected chi connectivity index (χ4v) is 1.97. The van der Waals surface area contributed by atoms with Gasteiger partial charge in [0, 0.05) is 19.2 Å². The Bertz CT molecular complexity index is 523. The quantitative estimate of drug-likeness (QED) is 0.791. The average Bonchev–Trinajstić information content (AvgIpc) is 2.85. The van der Waals surface area contributed by atoms with Gasteiger partial charge in [-0.3, -0.25) is 0 Å². The van der Waals surface area contributed by atoms with Gasteiger partial charge in [0.05, 0.1) is 19.0 Å². The Morgan fingerprint density at radius 2 is 2.32 bits per heavy atom. The van der Waals surface area contributed by atoms with E-state index in [1.165, 1.54) is 6.33 Å². The molecule has 0 saturated heterocycles. The van der Waals surface area contributed by atoms with Crippen molar-refractivity contribution in [1.29, 1.82) is 0 Å². The molecule has 6 heteroatoms.